The number of carbonyl (C=O) groups is 1. The van der Waals surface area contributed by atoms with Crippen LogP contribution >= 0.6 is 0 Å². The highest BCUT2D eigenvalue weighted by molar-refractivity contribution is 7.89. The number of sulfonamides is 1. The van der Waals surface area contributed by atoms with E-state index in [9.17, 15) is 17.6 Å². The van der Waals surface area contributed by atoms with Crippen molar-refractivity contribution in [2.24, 2.45) is 0 Å². The van der Waals surface area contributed by atoms with Crippen molar-refractivity contribution in [3.8, 4) is 5.88 Å². The summed E-state index contributed by atoms with van der Waals surface area (Å²) in [5.41, 5.74) is 1.36. The van der Waals surface area contributed by atoms with Crippen molar-refractivity contribution in [1.82, 2.24) is 9.29 Å². The first kappa shape index (κ1) is 22.8. The predicted molar refractivity (Wildman–Crippen MR) is 119 cm³/mol. The van der Waals surface area contributed by atoms with Crippen molar-refractivity contribution in [2.45, 2.75) is 11.5 Å². The quantitative estimate of drug-likeness (QED) is 0.569. The maximum atomic E-state index is 14.4. The number of nitrogens with zero attached hydrogens (tertiary/aromatic N) is 2. The van der Waals surface area contributed by atoms with E-state index < -0.39 is 26.6 Å². The van der Waals surface area contributed by atoms with Crippen LogP contribution in [0.4, 0.5) is 10.1 Å². The molecule has 1 N–H and O–H groups in total. The number of hydrogen-bond acceptors (Lipinski definition) is 6. The molecule has 0 atom stereocenters. The molecule has 0 spiro atoms. The Hall–Kier alpha value is -3.34. The third-order valence-corrected chi connectivity index (χ3v) is 6.92. The zero-order valence-corrected chi connectivity index (χ0v) is 18.4. The van der Waals surface area contributed by atoms with Crippen LogP contribution in [0.1, 0.15) is 15.9 Å². The molecule has 172 valence electrons. The average molecular weight is 472 g/mol. The van der Waals surface area contributed by atoms with Crippen LogP contribution in [0.5, 0.6) is 5.88 Å². The lowest BCUT2D eigenvalue weighted by atomic mass is 10.2. The Morgan fingerprint density at radius 1 is 1.09 bits per heavy atom. The summed E-state index contributed by atoms with van der Waals surface area (Å²) in [4.78, 5) is 16.3. The SMILES string of the molecule is O=C(Nc1ccc(F)c(S(=O)(=O)N2CCOCC2)c1)c1ccnc(OCc2ccccc2)c1. The Bertz CT molecular complexity index is 1230. The fourth-order valence-corrected chi connectivity index (χ4v) is 4.77. The standard InChI is InChI=1S/C23H22FN3O5S/c24-20-7-6-19(15-21(20)33(29,30)27-10-12-31-13-11-27)26-23(28)18-8-9-25-22(14-18)32-16-17-4-2-1-3-5-17/h1-9,14-15H,10-13,16H2,(H,26,28). The molecule has 1 aliphatic rings. The minimum Gasteiger partial charge on any atom is -0.473 e. The average Bonchev–Trinajstić information content (AvgIpc) is 2.85. The van der Waals surface area contributed by atoms with Crippen molar-refractivity contribution in [3.63, 3.8) is 0 Å². The van der Waals surface area contributed by atoms with E-state index in [0.717, 1.165) is 17.7 Å². The van der Waals surface area contributed by atoms with E-state index in [1.165, 1.54) is 28.7 Å². The molecule has 2 heterocycles. The van der Waals surface area contributed by atoms with Crippen LogP contribution in [0.2, 0.25) is 0 Å². The zero-order valence-electron chi connectivity index (χ0n) is 17.6. The van der Waals surface area contributed by atoms with Crippen LogP contribution in [0.25, 0.3) is 0 Å². The summed E-state index contributed by atoms with van der Waals surface area (Å²) in [5, 5.41) is 2.61. The number of rotatable bonds is 7. The molecular weight excluding hydrogens is 449 g/mol. The number of aromatic nitrogens is 1. The van der Waals surface area contributed by atoms with E-state index in [0.29, 0.717) is 6.61 Å². The highest BCUT2D eigenvalue weighted by Gasteiger charge is 2.29. The van der Waals surface area contributed by atoms with Gasteiger partial charge < -0.3 is 14.8 Å². The van der Waals surface area contributed by atoms with Gasteiger partial charge in [-0.15, -0.1) is 0 Å². The molecule has 4 rings (SSSR count). The molecule has 8 nitrogen and oxygen atoms in total. The third-order valence-electron chi connectivity index (χ3n) is 5.00. The number of morpholine rings is 1. The topological polar surface area (TPSA) is 97.8 Å². The second kappa shape index (κ2) is 10.1. The van der Waals surface area contributed by atoms with Crippen molar-refractivity contribution < 1.29 is 27.1 Å². The van der Waals surface area contributed by atoms with Gasteiger partial charge in [0.2, 0.25) is 15.9 Å². The van der Waals surface area contributed by atoms with Crippen molar-refractivity contribution in [3.05, 3.63) is 83.8 Å². The first-order valence-electron chi connectivity index (χ1n) is 10.2. The molecular formula is C23H22FN3O5S. The fourth-order valence-electron chi connectivity index (χ4n) is 3.27. The minimum atomic E-state index is -4.06. The normalized spacial score (nSPS) is 14.6. The van der Waals surface area contributed by atoms with Crippen LogP contribution < -0.4 is 10.1 Å². The molecule has 0 unspecified atom stereocenters. The number of amides is 1. The van der Waals surface area contributed by atoms with Gasteiger partial charge in [0, 0.05) is 36.6 Å². The number of carbonyl (C=O) groups excluding carboxylic acids is 1. The first-order valence-corrected chi connectivity index (χ1v) is 11.7. The van der Waals surface area contributed by atoms with E-state index in [1.807, 2.05) is 30.3 Å². The number of nitrogens with one attached hydrogen (secondary N) is 1. The maximum Gasteiger partial charge on any atom is 0.255 e. The summed E-state index contributed by atoms with van der Waals surface area (Å²) in [6.07, 6.45) is 1.44. The Morgan fingerprint density at radius 2 is 1.85 bits per heavy atom. The van der Waals surface area contributed by atoms with Gasteiger partial charge in [0.1, 0.15) is 17.3 Å². The van der Waals surface area contributed by atoms with Gasteiger partial charge in [0.05, 0.1) is 13.2 Å². The number of halogens is 1. The second-order valence-electron chi connectivity index (χ2n) is 7.27. The van der Waals surface area contributed by atoms with E-state index in [1.54, 1.807) is 0 Å². The summed E-state index contributed by atoms with van der Waals surface area (Å²) in [6, 6.07) is 15.9. The lowest BCUT2D eigenvalue weighted by Crippen LogP contribution is -2.40. The molecule has 1 aromatic heterocycles. The summed E-state index contributed by atoms with van der Waals surface area (Å²) in [5.74, 6) is -1.13. The minimum absolute atomic E-state index is 0.140. The van der Waals surface area contributed by atoms with Crippen LogP contribution in [-0.4, -0.2) is 49.9 Å². The molecule has 0 aliphatic carbocycles. The molecule has 33 heavy (non-hydrogen) atoms. The second-order valence-corrected chi connectivity index (χ2v) is 9.18. The monoisotopic (exact) mass is 471 g/mol. The van der Waals surface area contributed by atoms with Gasteiger partial charge >= 0.3 is 0 Å². The van der Waals surface area contributed by atoms with Gasteiger partial charge in [0.25, 0.3) is 5.91 Å². The van der Waals surface area contributed by atoms with Gasteiger partial charge in [-0.05, 0) is 29.8 Å². The zero-order chi connectivity index (χ0) is 23.3. The predicted octanol–water partition coefficient (Wildman–Crippen LogP) is 3.07. The van der Waals surface area contributed by atoms with E-state index in [4.69, 9.17) is 9.47 Å². The largest absolute Gasteiger partial charge is 0.473 e. The van der Waals surface area contributed by atoms with Crippen molar-refractivity contribution >= 4 is 21.6 Å². The van der Waals surface area contributed by atoms with E-state index >= 15 is 0 Å². The van der Waals surface area contributed by atoms with E-state index in [2.05, 4.69) is 10.3 Å². The highest BCUT2D eigenvalue weighted by atomic mass is 32.2. The molecule has 1 fully saturated rings. The molecule has 2 aromatic carbocycles. The van der Waals surface area contributed by atoms with E-state index in [-0.39, 0.29) is 43.4 Å². The fraction of sp³-hybridized carbons (Fsp3) is 0.217. The highest BCUT2D eigenvalue weighted by Crippen LogP contribution is 2.24. The maximum absolute atomic E-state index is 14.4. The van der Waals surface area contributed by atoms with Crippen LogP contribution in [0.15, 0.2) is 71.8 Å². The number of anilines is 1. The number of hydrogen-bond donors (Lipinski definition) is 1. The Labute approximate surface area is 191 Å². The molecule has 10 heteroatoms. The molecule has 0 radical (unpaired) electrons. The molecule has 1 saturated heterocycles. The molecule has 0 bridgehead atoms. The van der Waals surface area contributed by atoms with Gasteiger partial charge in [0.15, 0.2) is 0 Å². The number of pyridine rings is 1. The summed E-state index contributed by atoms with van der Waals surface area (Å²) >= 11 is 0. The lowest BCUT2D eigenvalue weighted by Gasteiger charge is -2.26. The molecule has 0 saturated carbocycles. The van der Waals surface area contributed by atoms with Crippen molar-refractivity contribution in [1.29, 1.82) is 0 Å². The van der Waals surface area contributed by atoms with Crippen LogP contribution in [0.3, 0.4) is 0 Å². The van der Waals surface area contributed by atoms with Gasteiger partial charge in [-0.2, -0.15) is 4.31 Å². The first-order chi connectivity index (χ1) is 15.9. The Balaban J connectivity index is 1.48. The molecule has 1 amide bonds. The number of benzene rings is 2. The summed E-state index contributed by atoms with van der Waals surface area (Å²) in [7, 11) is -4.06. The summed E-state index contributed by atoms with van der Waals surface area (Å²) < 4.78 is 52.0. The smallest absolute Gasteiger partial charge is 0.255 e. The number of ether oxygens (including phenoxy) is 2. The Morgan fingerprint density at radius 3 is 2.61 bits per heavy atom. The third kappa shape index (κ3) is 5.54. The van der Waals surface area contributed by atoms with Gasteiger partial charge in [-0.3, -0.25) is 4.79 Å². The van der Waals surface area contributed by atoms with Gasteiger partial charge in [-0.25, -0.2) is 17.8 Å². The summed E-state index contributed by atoms with van der Waals surface area (Å²) in [6.45, 7) is 1.06. The molecule has 3 aromatic rings. The molecule has 1 aliphatic heterocycles. The Kier molecular flexibility index (Phi) is 6.97. The van der Waals surface area contributed by atoms with Gasteiger partial charge in [-0.1, -0.05) is 30.3 Å². The van der Waals surface area contributed by atoms with Crippen LogP contribution in [-0.2, 0) is 21.4 Å². The lowest BCUT2D eigenvalue weighted by molar-refractivity contribution is 0.0729. The van der Waals surface area contributed by atoms with Crippen molar-refractivity contribution in [2.75, 3.05) is 31.6 Å². The van der Waals surface area contributed by atoms with Crippen LogP contribution in [0, 0.1) is 5.82 Å².